The van der Waals surface area contributed by atoms with Gasteiger partial charge >= 0.3 is 11.8 Å². The minimum absolute atomic E-state index is 0.00252. The maximum Gasteiger partial charge on any atom is 0.342 e. The Balaban J connectivity index is 1.81. The molecule has 1 aromatic rings. The molecule has 1 aromatic heterocycles. The first-order chi connectivity index (χ1) is 11.7. The molecule has 2 aliphatic rings. The Hall–Kier alpha value is -3.31. The maximum atomic E-state index is 13.9. The van der Waals surface area contributed by atoms with E-state index in [0.29, 0.717) is 0 Å². The standard InChI is InChI=1S/C13H10F4N6O2/c14-12(15)3-1-2-6(13(12,16)17)7-4-24-5-8(25-7)20-21-9-10(18)22-23-11(9)19/h1-5H,(H5,18,19,22,23). The minimum atomic E-state index is -4.49. The monoisotopic (exact) mass is 358 g/mol. The van der Waals surface area contributed by atoms with Crippen LogP contribution in [0, 0.1) is 0 Å². The van der Waals surface area contributed by atoms with Gasteiger partial charge in [0.1, 0.15) is 12.1 Å². The molecule has 132 valence electrons. The first-order valence-electron chi connectivity index (χ1n) is 6.63. The fraction of sp³-hybridized carbons (Fsp3) is 0.154. The van der Waals surface area contributed by atoms with Crippen molar-refractivity contribution in [3.8, 4) is 0 Å². The summed E-state index contributed by atoms with van der Waals surface area (Å²) in [6, 6.07) is 0. The number of alkyl halides is 4. The van der Waals surface area contributed by atoms with Crippen molar-refractivity contribution in [1.82, 2.24) is 10.2 Å². The van der Waals surface area contributed by atoms with E-state index in [9.17, 15) is 17.6 Å². The zero-order chi connectivity index (χ0) is 18.2. The summed E-state index contributed by atoms with van der Waals surface area (Å²) in [4.78, 5) is 0. The number of halogens is 4. The Bertz CT molecular complexity index is 833. The van der Waals surface area contributed by atoms with E-state index in [1.165, 1.54) is 0 Å². The number of hydrogen-bond donors (Lipinski definition) is 3. The van der Waals surface area contributed by atoms with Gasteiger partial charge < -0.3 is 20.9 Å². The lowest BCUT2D eigenvalue weighted by Crippen LogP contribution is -2.42. The molecule has 0 bridgehead atoms. The number of aromatic amines is 1. The average molecular weight is 358 g/mol. The molecule has 5 N–H and O–H groups in total. The van der Waals surface area contributed by atoms with Crippen molar-refractivity contribution >= 4 is 17.3 Å². The molecular formula is C13H10F4N6O2. The molecule has 0 saturated carbocycles. The highest BCUT2D eigenvalue weighted by molar-refractivity contribution is 5.70. The summed E-state index contributed by atoms with van der Waals surface area (Å²) in [6.07, 6.45) is 3.35. The van der Waals surface area contributed by atoms with Crippen LogP contribution in [0.3, 0.4) is 0 Å². The number of nitrogens with one attached hydrogen (secondary N) is 1. The van der Waals surface area contributed by atoms with Crippen LogP contribution in [0.5, 0.6) is 0 Å². The lowest BCUT2D eigenvalue weighted by molar-refractivity contribution is -0.156. The highest BCUT2D eigenvalue weighted by Gasteiger charge is 2.59. The Kier molecular flexibility index (Phi) is 3.74. The van der Waals surface area contributed by atoms with Crippen molar-refractivity contribution in [3.63, 3.8) is 0 Å². The molecule has 0 unspecified atom stereocenters. The first kappa shape index (κ1) is 16.5. The molecule has 0 fully saturated rings. The largest absolute Gasteiger partial charge is 0.463 e. The van der Waals surface area contributed by atoms with Gasteiger partial charge in [0, 0.05) is 0 Å². The van der Waals surface area contributed by atoms with Crippen LogP contribution < -0.4 is 11.5 Å². The van der Waals surface area contributed by atoms with Crippen LogP contribution >= 0.6 is 0 Å². The number of hydrogen-bond acceptors (Lipinski definition) is 7. The van der Waals surface area contributed by atoms with Gasteiger partial charge in [0.2, 0.25) is 0 Å². The Morgan fingerprint density at radius 2 is 1.88 bits per heavy atom. The lowest BCUT2D eigenvalue weighted by Gasteiger charge is -2.29. The van der Waals surface area contributed by atoms with Crippen molar-refractivity contribution in [3.05, 3.63) is 48.0 Å². The van der Waals surface area contributed by atoms with Crippen LogP contribution in [0.2, 0.25) is 0 Å². The van der Waals surface area contributed by atoms with Crippen LogP contribution in [0.15, 0.2) is 58.2 Å². The molecular weight excluding hydrogens is 348 g/mol. The van der Waals surface area contributed by atoms with E-state index in [1.54, 1.807) is 0 Å². The highest BCUT2D eigenvalue weighted by Crippen LogP contribution is 2.46. The van der Waals surface area contributed by atoms with Gasteiger partial charge in [0.25, 0.3) is 5.88 Å². The molecule has 0 saturated heterocycles. The van der Waals surface area contributed by atoms with Crippen LogP contribution in [-0.2, 0) is 9.47 Å². The Labute approximate surface area is 137 Å². The van der Waals surface area contributed by atoms with Gasteiger partial charge in [0.05, 0.1) is 5.57 Å². The second kappa shape index (κ2) is 5.65. The van der Waals surface area contributed by atoms with Crippen molar-refractivity contribution in [1.29, 1.82) is 0 Å². The predicted molar refractivity (Wildman–Crippen MR) is 77.4 cm³/mol. The number of ether oxygens (including phenoxy) is 2. The fourth-order valence-electron chi connectivity index (χ4n) is 1.94. The van der Waals surface area contributed by atoms with Gasteiger partial charge in [-0.25, -0.2) is 0 Å². The number of rotatable bonds is 3. The molecule has 8 nitrogen and oxygen atoms in total. The van der Waals surface area contributed by atoms with Crippen molar-refractivity contribution in [2.24, 2.45) is 10.2 Å². The number of aromatic nitrogens is 2. The van der Waals surface area contributed by atoms with E-state index < -0.39 is 23.2 Å². The van der Waals surface area contributed by atoms with Crippen LogP contribution in [0.1, 0.15) is 0 Å². The number of nitrogens with zero attached hydrogens (tertiary/aromatic N) is 3. The number of nitrogen functional groups attached to an aromatic ring is 2. The zero-order valence-corrected chi connectivity index (χ0v) is 12.2. The van der Waals surface area contributed by atoms with Crippen LogP contribution in [-0.4, -0.2) is 22.0 Å². The number of azo groups is 1. The van der Waals surface area contributed by atoms with Gasteiger partial charge in [-0.05, 0) is 12.2 Å². The SMILES string of the molecule is Nc1n[nH]c(N)c1N=NC1=COC=C(C2=CC=CC(F)(F)C2(F)F)O1. The van der Waals surface area contributed by atoms with E-state index in [1.807, 2.05) is 0 Å². The van der Waals surface area contributed by atoms with E-state index in [-0.39, 0.29) is 29.3 Å². The fourth-order valence-corrected chi connectivity index (χ4v) is 1.94. The summed E-state index contributed by atoms with van der Waals surface area (Å²) < 4.78 is 64.5. The van der Waals surface area contributed by atoms with Crippen LogP contribution in [0.25, 0.3) is 0 Å². The maximum absolute atomic E-state index is 13.9. The second-order valence-corrected chi connectivity index (χ2v) is 4.88. The molecule has 0 aromatic carbocycles. The quantitative estimate of drug-likeness (QED) is 0.566. The van der Waals surface area contributed by atoms with Gasteiger partial charge in [-0.15, -0.1) is 10.2 Å². The van der Waals surface area contributed by atoms with Gasteiger partial charge in [-0.1, -0.05) is 6.08 Å². The smallest absolute Gasteiger partial charge is 0.342 e. The summed E-state index contributed by atoms with van der Waals surface area (Å²) in [5.74, 6) is -9.92. The molecule has 1 aliphatic carbocycles. The lowest BCUT2D eigenvalue weighted by atomic mass is 9.95. The highest BCUT2D eigenvalue weighted by atomic mass is 19.3. The predicted octanol–water partition coefficient (Wildman–Crippen LogP) is 3.11. The molecule has 0 amide bonds. The van der Waals surface area contributed by atoms with Gasteiger partial charge in [-0.2, -0.15) is 22.7 Å². The second-order valence-electron chi connectivity index (χ2n) is 4.88. The van der Waals surface area contributed by atoms with Gasteiger partial charge in [0.15, 0.2) is 23.5 Å². The van der Waals surface area contributed by atoms with E-state index in [0.717, 1.165) is 24.7 Å². The summed E-state index contributed by atoms with van der Waals surface area (Å²) in [7, 11) is 0. The first-order valence-corrected chi connectivity index (χ1v) is 6.63. The topological polar surface area (TPSA) is 124 Å². The molecule has 12 heteroatoms. The number of H-pyrrole nitrogens is 1. The minimum Gasteiger partial charge on any atom is -0.463 e. The van der Waals surface area contributed by atoms with Gasteiger partial charge in [-0.3, -0.25) is 5.10 Å². The summed E-state index contributed by atoms with van der Waals surface area (Å²) in [6.45, 7) is 0. The molecule has 3 rings (SSSR count). The van der Waals surface area contributed by atoms with Crippen LogP contribution in [0.4, 0.5) is 34.9 Å². The van der Waals surface area contributed by atoms with E-state index in [4.69, 9.17) is 20.9 Å². The molecule has 2 heterocycles. The number of anilines is 2. The van der Waals surface area contributed by atoms with Crippen molar-refractivity contribution in [2.75, 3.05) is 11.5 Å². The summed E-state index contributed by atoms with van der Waals surface area (Å²) in [5, 5.41) is 13.1. The molecule has 0 atom stereocenters. The van der Waals surface area contributed by atoms with Crippen molar-refractivity contribution in [2.45, 2.75) is 11.8 Å². The number of allylic oxidation sites excluding steroid dienone is 4. The third-order valence-corrected chi connectivity index (χ3v) is 3.19. The third-order valence-electron chi connectivity index (χ3n) is 3.19. The summed E-state index contributed by atoms with van der Waals surface area (Å²) >= 11 is 0. The zero-order valence-electron chi connectivity index (χ0n) is 12.2. The third kappa shape index (κ3) is 2.81. The molecule has 0 radical (unpaired) electrons. The number of nitrogens with two attached hydrogens (primary N) is 2. The van der Waals surface area contributed by atoms with E-state index in [2.05, 4.69) is 20.4 Å². The Morgan fingerprint density at radius 1 is 1.12 bits per heavy atom. The van der Waals surface area contributed by atoms with E-state index >= 15 is 0 Å². The van der Waals surface area contributed by atoms with Crippen molar-refractivity contribution < 1.29 is 27.0 Å². The normalized spacial score (nSPS) is 21.2. The molecule has 0 spiro atoms. The molecule has 1 aliphatic heterocycles. The Morgan fingerprint density at radius 3 is 2.56 bits per heavy atom. The molecule has 25 heavy (non-hydrogen) atoms. The average Bonchev–Trinajstić information content (AvgIpc) is 2.87. The summed E-state index contributed by atoms with van der Waals surface area (Å²) in [5.41, 5.74) is 9.93.